The molecule has 0 aromatic heterocycles. The van der Waals surface area contributed by atoms with Crippen molar-refractivity contribution in [3.8, 4) is 0 Å². The van der Waals surface area contributed by atoms with Crippen LogP contribution in [0.15, 0.2) is 0 Å². The Morgan fingerprint density at radius 3 is 2.80 bits per heavy atom. The van der Waals surface area contributed by atoms with Crippen molar-refractivity contribution in [2.75, 3.05) is 32.1 Å². The first-order valence-electron chi connectivity index (χ1n) is 3.21. The van der Waals surface area contributed by atoms with E-state index in [2.05, 4.69) is 10.6 Å². The second-order valence-corrected chi connectivity index (χ2v) is 2.83. The Balaban J connectivity index is 2.96. The molecule has 0 spiro atoms. The Kier molecular flexibility index (Phi) is 6.74. The Labute approximate surface area is 65.9 Å². The molecule has 0 aromatic rings. The molecular formula is C6H14N2OS. The van der Waals surface area contributed by atoms with Crippen LogP contribution in [0.2, 0.25) is 0 Å². The zero-order valence-corrected chi connectivity index (χ0v) is 7.25. The van der Waals surface area contributed by atoms with Crippen molar-refractivity contribution < 1.29 is 4.79 Å². The molecule has 0 atom stereocenters. The highest BCUT2D eigenvalue weighted by Crippen LogP contribution is 1.86. The van der Waals surface area contributed by atoms with Crippen LogP contribution in [-0.4, -0.2) is 38.1 Å². The van der Waals surface area contributed by atoms with E-state index in [0.717, 1.165) is 12.3 Å². The minimum absolute atomic E-state index is 0.0427. The molecule has 0 heterocycles. The van der Waals surface area contributed by atoms with Gasteiger partial charge in [0.15, 0.2) is 0 Å². The largest absolute Gasteiger partial charge is 0.358 e. The number of hydrogen-bond donors (Lipinski definition) is 2. The third-order valence-corrected chi connectivity index (χ3v) is 1.66. The van der Waals surface area contributed by atoms with Gasteiger partial charge in [-0.15, -0.1) is 0 Å². The molecule has 0 bridgehead atoms. The zero-order valence-electron chi connectivity index (χ0n) is 6.44. The summed E-state index contributed by atoms with van der Waals surface area (Å²) in [5, 5.41) is 5.54. The lowest BCUT2D eigenvalue weighted by molar-refractivity contribution is -0.119. The molecule has 0 unspecified atom stereocenters. The summed E-state index contributed by atoms with van der Waals surface area (Å²) in [4.78, 5) is 10.6. The molecule has 2 N–H and O–H groups in total. The third-order valence-electron chi connectivity index (χ3n) is 1.05. The van der Waals surface area contributed by atoms with Crippen molar-refractivity contribution in [3.63, 3.8) is 0 Å². The molecular weight excluding hydrogens is 148 g/mol. The number of nitrogens with one attached hydrogen (secondary N) is 2. The number of carbonyl (C=O) groups excluding carboxylic acids is 1. The van der Waals surface area contributed by atoms with Crippen LogP contribution in [0.1, 0.15) is 0 Å². The van der Waals surface area contributed by atoms with Gasteiger partial charge in [-0.25, -0.2) is 0 Å². The summed E-state index contributed by atoms with van der Waals surface area (Å²) in [5.74, 6) is 1.10. The fourth-order valence-electron chi connectivity index (χ4n) is 0.465. The third kappa shape index (κ3) is 5.91. The van der Waals surface area contributed by atoms with Crippen LogP contribution in [0.4, 0.5) is 0 Å². The normalized spacial score (nSPS) is 9.40. The summed E-state index contributed by atoms with van der Waals surface area (Å²) in [6.07, 6.45) is 2.04. The van der Waals surface area contributed by atoms with Gasteiger partial charge in [-0.05, 0) is 6.26 Å². The molecule has 0 saturated carbocycles. The first kappa shape index (κ1) is 9.78. The molecule has 0 rings (SSSR count). The van der Waals surface area contributed by atoms with Crippen molar-refractivity contribution in [3.05, 3.63) is 0 Å². The van der Waals surface area contributed by atoms with Crippen LogP contribution in [0.25, 0.3) is 0 Å². The van der Waals surface area contributed by atoms with Gasteiger partial charge in [0.2, 0.25) is 5.91 Å². The van der Waals surface area contributed by atoms with E-state index in [0.29, 0.717) is 6.54 Å². The van der Waals surface area contributed by atoms with Gasteiger partial charge in [0.25, 0.3) is 0 Å². The second kappa shape index (κ2) is 6.89. The second-order valence-electron chi connectivity index (χ2n) is 1.84. The molecule has 10 heavy (non-hydrogen) atoms. The van der Waals surface area contributed by atoms with Crippen LogP contribution in [-0.2, 0) is 4.79 Å². The highest BCUT2D eigenvalue weighted by Gasteiger charge is 1.93. The van der Waals surface area contributed by atoms with Gasteiger partial charge in [0.05, 0.1) is 6.54 Å². The Morgan fingerprint density at radius 2 is 2.30 bits per heavy atom. The van der Waals surface area contributed by atoms with Crippen LogP contribution >= 0.6 is 11.8 Å². The highest BCUT2D eigenvalue weighted by atomic mass is 32.2. The number of likely N-dealkylation sites (N-methyl/N-ethyl adjacent to an activating group) is 1. The summed E-state index contributed by atoms with van der Waals surface area (Å²) >= 11 is 1.77. The van der Waals surface area contributed by atoms with Crippen LogP contribution in [0, 0.1) is 0 Å². The van der Waals surface area contributed by atoms with E-state index in [4.69, 9.17) is 0 Å². The van der Waals surface area contributed by atoms with Gasteiger partial charge in [-0.2, -0.15) is 11.8 Å². The molecule has 0 radical (unpaired) electrons. The van der Waals surface area contributed by atoms with E-state index in [1.807, 2.05) is 6.26 Å². The lowest BCUT2D eigenvalue weighted by atomic mass is 10.6. The molecule has 0 aliphatic heterocycles. The fraction of sp³-hybridized carbons (Fsp3) is 0.833. The average molecular weight is 162 g/mol. The summed E-state index contributed by atoms with van der Waals surface area (Å²) in [5.41, 5.74) is 0. The number of hydrogen-bond acceptors (Lipinski definition) is 3. The van der Waals surface area contributed by atoms with Crippen LogP contribution in [0.5, 0.6) is 0 Å². The molecule has 0 fully saturated rings. The van der Waals surface area contributed by atoms with Gasteiger partial charge in [0.1, 0.15) is 0 Å². The van der Waals surface area contributed by atoms with Gasteiger partial charge < -0.3 is 10.6 Å². The molecule has 3 nitrogen and oxygen atoms in total. The number of amides is 1. The quantitative estimate of drug-likeness (QED) is 0.545. The van der Waals surface area contributed by atoms with Crippen LogP contribution < -0.4 is 10.6 Å². The standard InChI is InChI=1S/C6H14N2OS/c1-7-6(9)5-8-3-4-10-2/h8H,3-5H2,1-2H3,(H,7,9). The van der Waals surface area contributed by atoms with E-state index < -0.39 is 0 Å². The summed E-state index contributed by atoms with van der Waals surface area (Å²) in [6.45, 7) is 1.33. The van der Waals surface area contributed by atoms with Crippen LogP contribution in [0.3, 0.4) is 0 Å². The van der Waals surface area contributed by atoms with Crippen molar-refractivity contribution in [2.45, 2.75) is 0 Å². The van der Waals surface area contributed by atoms with E-state index in [9.17, 15) is 4.79 Å². The Bertz CT molecular complexity index is 97.7. The first-order chi connectivity index (χ1) is 4.81. The summed E-state index contributed by atoms with van der Waals surface area (Å²) in [6, 6.07) is 0. The minimum atomic E-state index is 0.0427. The maximum atomic E-state index is 10.6. The molecule has 0 aliphatic rings. The first-order valence-corrected chi connectivity index (χ1v) is 4.61. The monoisotopic (exact) mass is 162 g/mol. The smallest absolute Gasteiger partial charge is 0.233 e. The van der Waals surface area contributed by atoms with Crippen molar-refractivity contribution >= 4 is 17.7 Å². The van der Waals surface area contributed by atoms with E-state index in [-0.39, 0.29) is 5.91 Å². The van der Waals surface area contributed by atoms with E-state index in [1.54, 1.807) is 18.8 Å². The van der Waals surface area contributed by atoms with Gasteiger partial charge in [-0.3, -0.25) is 4.79 Å². The minimum Gasteiger partial charge on any atom is -0.358 e. The van der Waals surface area contributed by atoms with Gasteiger partial charge in [0, 0.05) is 19.3 Å². The van der Waals surface area contributed by atoms with Crippen molar-refractivity contribution in [1.29, 1.82) is 0 Å². The molecule has 0 aliphatic carbocycles. The fourth-order valence-corrected chi connectivity index (χ4v) is 0.813. The Hall–Kier alpha value is -0.220. The van der Waals surface area contributed by atoms with Gasteiger partial charge >= 0.3 is 0 Å². The lowest BCUT2D eigenvalue weighted by Crippen LogP contribution is -2.32. The topological polar surface area (TPSA) is 41.1 Å². The van der Waals surface area contributed by atoms with E-state index >= 15 is 0 Å². The Morgan fingerprint density at radius 1 is 1.60 bits per heavy atom. The maximum absolute atomic E-state index is 10.6. The van der Waals surface area contributed by atoms with E-state index in [1.165, 1.54) is 0 Å². The maximum Gasteiger partial charge on any atom is 0.233 e. The highest BCUT2D eigenvalue weighted by molar-refractivity contribution is 7.98. The van der Waals surface area contributed by atoms with Gasteiger partial charge in [-0.1, -0.05) is 0 Å². The molecule has 0 aromatic carbocycles. The van der Waals surface area contributed by atoms with Crippen molar-refractivity contribution in [2.24, 2.45) is 0 Å². The molecule has 1 amide bonds. The predicted molar refractivity (Wildman–Crippen MR) is 45.3 cm³/mol. The number of carbonyl (C=O) groups is 1. The lowest BCUT2D eigenvalue weighted by Gasteiger charge is -2.00. The van der Waals surface area contributed by atoms with Crippen molar-refractivity contribution in [1.82, 2.24) is 10.6 Å². The average Bonchev–Trinajstić information content (AvgIpc) is 1.98. The predicted octanol–water partition coefficient (Wildman–Crippen LogP) is -0.315. The number of rotatable bonds is 5. The SMILES string of the molecule is CNC(=O)CNCCSC. The number of thioether (sulfide) groups is 1. The molecule has 4 heteroatoms. The zero-order chi connectivity index (χ0) is 7.82. The summed E-state index contributed by atoms with van der Waals surface area (Å²) in [7, 11) is 1.64. The molecule has 0 saturated heterocycles. The molecule has 60 valence electrons. The summed E-state index contributed by atoms with van der Waals surface area (Å²) < 4.78 is 0.